The molecule has 3 aromatic rings. The lowest BCUT2D eigenvalue weighted by Gasteiger charge is -2.32. The molecule has 0 fully saturated rings. The minimum Gasteiger partial charge on any atom is -0.508 e. The maximum absolute atomic E-state index is 12.7. The normalized spacial score (nSPS) is 12.1. The predicted molar refractivity (Wildman–Crippen MR) is 141 cm³/mol. The number of anilines is 2. The van der Waals surface area contributed by atoms with Gasteiger partial charge < -0.3 is 20.9 Å². The van der Waals surface area contributed by atoms with E-state index in [1.54, 1.807) is 86.7 Å². The van der Waals surface area contributed by atoms with Crippen LogP contribution in [0, 0.1) is 5.41 Å². The average molecular weight is 552 g/mol. The third-order valence-electron chi connectivity index (χ3n) is 5.31. The third kappa shape index (κ3) is 6.96. The Morgan fingerprint density at radius 1 is 1.03 bits per heavy atom. The number of hydrogen-bond acceptors (Lipinski definition) is 6. The summed E-state index contributed by atoms with van der Waals surface area (Å²) >= 11 is 3.36. The minimum atomic E-state index is -1.07. The van der Waals surface area contributed by atoms with Crippen LogP contribution >= 0.6 is 15.9 Å². The Kier molecular flexibility index (Phi) is 8.50. The first-order valence-electron chi connectivity index (χ1n) is 11.0. The van der Waals surface area contributed by atoms with Gasteiger partial charge in [-0.15, -0.1) is 0 Å². The van der Waals surface area contributed by atoms with Crippen molar-refractivity contribution >= 4 is 45.2 Å². The summed E-state index contributed by atoms with van der Waals surface area (Å²) in [5.74, 6) is -1.19. The standard InChI is InChI=1S/C27H26BrN3O5/c1-27(2,15-14-23(33)30-21-11-7-6-10-20(21)29)24(19-16-18(28)12-13-22(19)32)36-26(35)31-25(34)17-8-4-3-5-9-17/h3-16,24,32H,29H2,1-2H3,(H,30,33)(H,31,34,35)/b15-14+/t24-/m0/s1. The zero-order valence-corrected chi connectivity index (χ0v) is 21.3. The van der Waals surface area contributed by atoms with Crippen molar-refractivity contribution in [2.24, 2.45) is 5.41 Å². The van der Waals surface area contributed by atoms with Gasteiger partial charge in [-0.1, -0.05) is 66.2 Å². The summed E-state index contributed by atoms with van der Waals surface area (Å²) in [5, 5.41) is 15.4. The SMILES string of the molecule is CC(C)(/C=C/C(=O)Nc1ccccc1N)[C@@H](OC(=O)NC(=O)c1ccccc1)c1cc(Br)ccc1O. The molecule has 0 saturated carbocycles. The molecule has 9 heteroatoms. The monoisotopic (exact) mass is 551 g/mol. The van der Waals surface area contributed by atoms with Crippen molar-refractivity contribution in [3.05, 3.63) is 101 Å². The molecule has 1 atom stereocenters. The van der Waals surface area contributed by atoms with E-state index in [1.165, 1.54) is 12.1 Å². The number of para-hydroxylation sites is 2. The van der Waals surface area contributed by atoms with Crippen molar-refractivity contribution in [2.75, 3.05) is 11.1 Å². The molecule has 0 saturated heterocycles. The highest BCUT2D eigenvalue weighted by Crippen LogP contribution is 2.42. The molecule has 0 aliphatic rings. The number of rotatable bonds is 7. The second kappa shape index (κ2) is 11.5. The summed E-state index contributed by atoms with van der Waals surface area (Å²) in [4.78, 5) is 37.7. The molecular formula is C27H26BrN3O5. The van der Waals surface area contributed by atoms with Crippen LogP contribution in [0.3, 0.4) is 0 Å². The lowest BCUT2D eigenvalue weighted by Crippen LogP contribution is -2.35. The number of phenolic OH excluding ortho intramolecular Hbond substituents is 1. The molecule has 3 aromatic carbocycles. The predicted octanol–water partition coefficient (Wildman–Crippen LogP) is 5.57. The molecule has 36 heavy (non-hydrogen) atoms. The van der Waals surface area contributed by atoms with Crippen molar-refractivity contribution in [3.63, 3.8) is 0 Å². The topological polar surface area (TPSA) is 131 Å². The number of phenols is 1. The molecular weight excluding hydrogens is 526 g/mol. The number of amides is 3. The van der Waals surface area contributed by atoms with Gasteiger partial charge in [-0.2, -0.15) is 0 Å². The van der Waals surface area contributed by atoms with E-state index in [9.17, 15) is 19.5 Å². The highest BCUT2D eigenvalue weighted by Gasteiger charge is 2.35. The molecule has 3 rings (SSSR count). The largest absolute Gasteiger partial charge is 0.508 e. The first-order chi connectivity index (χ1) is 17.1. The van der Waals surface area contributed by atoms with Gasteiger partial charge in [-0.3, -0.25) is 14.9 Å². The fourth-order valence-electron chi connectivity index (χ4n) is 3.41. The summed E-state index contributed by atoms with van der Waals surface area (Å²) in [7, 11) is 0. The second-order valence-corrected chi connectivity index (χ2v) is 9.46. The number of aromatic hydroxyl groups is 1. The molecule has 0 unspecified atom stereocenters. The average Bonchev–Trinajstić information content (AvgIpc) is 2.85. The van der Waals surface area contributed by atoms with E-state index in [4.69, 9.17) is 10.5 Å². The summed E-state index contributed by atoms with van der Waals surface area (Å²) in [6.07, 6.45) is 0.782. The Morgan fingerprint density at radius 3 is 2.39 bits per heavy atom. The van der Waals surface area contributed by atoms with Crippen LogP contribution in [0.5, 0.6) is 5.75 Å². The van der Waals surface area contributed by atoms with Gasteiger partial charge in [0, 0.05) is 21.0 Å². The van der Waals surface area contributed by atoms with Crippen LogP contribution in [0.4, 0.5) is 16.2 Å². The van der Waals surface area contributed by atoms with Gasteiger partial charge in [-0.25, -0.2) is 4.79 Å². The second-order valence-electron chi connectivity index (χ2n) is 8.54. The van der Waals surface area contributed by atoms with E-state index in [0.717, 1.165) is 0 Å². The van der Waals surface area contributed by atoms with E-state index in [0.29, 0.717) is 15.8 Å². The lowest BCUT2D eigenvalue weighted by atomic mass is 9.81. The molecule has 0 bridgehead atoms. The fraction of sp³-hybridized carbons (Fsp3) is 0.148. The molecule has 0 aliphatic carbocycles. The van der Waals surface area contributed by atoms with Gasteiger partial charge in [0.2, 0.25) is 5.91 Å². The summed E-state index contributed by atoms with van der Waals surface area (Å²) in [5.41, 5.74) is 6.33. The third-order valence-corrected chi connectivity index (χ3v) is 5.80. The van der Waals surface area contributed by atoms with Gasteiger partial charge in [0.1, 0.15) is 11.9 Å². The van der Waals surface area contributed by atoms with E-state index in [-0.39, 0.29) is 16.9 Å². The molecule has 5 N–H and O–H groups in total. The minimum absolute atomic E-state index is 0.117. The number of hydrogen-bond donors (Lipinski definition) is 4. The lowest BCUT2D eigenvalue weighted by molar-refractivity contribution is -0.112. The van der Waals surface area contributed by atoms with Gasteiger partial charge in [0.05, 0.1) is 11.4 Å². The molecule has 0 radical (unpaired) electrons. The quantitative estimate of drug-likeness (QED) is 0.224. The maximum Gasteiger partial charge on any atom is 0.414 e. The molecule has 186 valence electrons. The summed E-state index contributed by atoms with van der Waals surface area (Å²) in [6, 6.07) is 19.7. The number of benzene rings is 3. The van der Waals surface area contributed by atoms with Crippen molar-refractivity contribution in [1.29, 1.82) is 0 Å². The Balaban J connectivity index is 1.84. The molecule has 0 heterocycles. The number of halogens is 1. The number of nitrogen functional groups attached to an aromatic ring is 1. The van der Waals surface area contributed by atoms with E-state index >= 15 is 0 Å². The Labute approximate surface area is 217 Å². The molecule has 0 spiro atoms. The number of nitrogens with one attached hydrogen (secondary N) is 2. The Bertz CT molecular complexity index is 1290. The van der Waals surface area contributed by atoms with Crippen LogP contribution in [0.1, 0.15) is 35.9 Å². The Morgan fingerprint density at radius 2 is 1.69 bits per heavy atom. The van der Waals surface area contributed by atoms with E-state index in [1.807, 2.05) is 0 Å². The zero-order valence-electron chi connectivity index (χ0n) is 19.7. The van der Waals surface area contributed by atoms with Gasteiger partial charge in [0.15, 0.2) is 0 Å². The number of nitrogens with two attached hydrogens (primary N) is 1. The molecule has 0 aliphatic heterocycles. The van der Waals surface area contributed by atoms with Crippen molar-refractivity contribution in [1.82, 2.24) is 5.32 Å². The summed E-state index contributed by atoms with van der Waals surface area (Å²) in [6.45, 7) is 3.45. The number of alkyl carbamates (subject to hydrolysis) is 1. The van der Waals surface area contributed by atoms with E-state index in [2.05, 4.69) is 26.6 Å². The van der Waals surface area contributed by atoms with Crippen LogP contribution in [0.25, 0.3) is 0 Å². The highest BCUT2D eigenvalue weighted by molar-refractivity contribution is 9.10. The molecule has 8 nitrogen and oxygen atoms in total. The summed E-state index contributed by atoms with van der Waals surface area (Å²) < 4.78 is 6.28. The van der Waals surface area contributed by atoms with Gasteiger partial charge in [-0.05, 0) is 48.5 Å². The smallest absolute Gasteiger partial charge is 0.414 e. The number of carbonyl (C=O) groups is 3. The molecule has 0 aromatic heterocycles. The van der Waals surface area contributed by atoms with E-state index < -0.39 is 29.4 Å². The van der Waals surface area contributed by atoms with Crippen molar-refractivity contribution < 1.29 is 24.2 Å². The van der Waals surface area contributed by atoms with Gasteiger partial charge >= 0.3 is 6.09 Å². The first-order valence-corrected chi connectivity index (χ1v) is 11.8. The van der Waals surface area contributed by atoms with Crippen molar-refractivity contribution in [3.8, 4) is 5.75 Å². The van der Waals surface area contributed by atoms with Gasteiger partial charge in [0.25, 0.3) is 5.91 Å². The van der Waals surface area contributed by atoms with Crippen LogP contribution < -0.4 is 16.4 Å². The highest BCUT2D eigenvalue weighted by atomic mass is 79.9. The number of carbonyl (C=O) groups excluding carboxylic acids is 3. The van der Waals surface area contributed by atoms with Crippen molar-refractivity contribution in [2.45, 2.75) is 20.0 Å². The Hall–Kier alpha value is -4.11. The first kappa shape index (κ1) is 26.5. The zero-order chi connectivity index (χ0) is 26.3. The van der Waals surface area contributed by atoms with Crippen LogP contribution in [-0.4, -0.2) is 23.0 Å². The van der Waals surface area contributed by atoms with Crippen LogP contribution in [0.2, 0.25) is 0 Å². The number of imide groups is 1. The fourth-order valence-corrected chi connectivity index (χ4v) is 3.78. The maximum atomic E-state index is 12.7. The van der Waals surface area contributed by atoms with Crippen LogP contribution in [0.15, 0.2) is 89.4 Å². The number of ether oxygens (including phenoxy) is 1. The van der Waals surface area contributed by atoms with Crippen LogP contribution in [-0.2, 0) is 9.53 Å². The molecule has 3 amide bonds.